The number of rotatable bonds is 2. The van der Waals surface area contributed by atoms with Gasteiger partial charge in [-0.25, -0.2) is 0 Å². The third-order valence-electron chi connectivity index (χ3n) is 5.15. The molecule has 114 valence electrons. The number of fused-ring (bicyclic) bond motifs is 5. The third-order valence-corrected chi connectivity index (χ3v) is 5.15. The Labute approximate surface area is 135 Å². The molecule has 0 N–H and O–H groups in total. The van der Waals surface area contributed by atoms with Crippen LogP contribution >= 0.6 is 0 Å². The lowest BCUT2D eigenvalue weighted by Crippen LogP contribution is -2.29. The molecule has 0 spiro atoms. The van der Waals surface area contributed by atoms with Crippen LogP contribution in [0.4, 0.5) is 5.69 Å². The second-order valence-corrected chi connectivity index (χ2v) is 6.48. The van der Waals surface area contributed by atoms with Gasteiger partial charge in [-0.15, -0.1) is 0 Å². The Hall–Kier alpha value is -2.55. The van der Waals surface area contributed by atoms with E-state index in [1.54, 1.807) is 0 Å². The van der Waals surface area contributed by atoms with Crippen molar-refractivity contribution in [3.63, 3.8) is 0 Å². The number of hydrogen-bond acceptors (Lipinski definition) is 2. The Morgan fingerprint density at radius 2 is 1.57 bits per heavy atom. The first-order chi connectivity index (χ1) is 11.3. The largest absolute Gasteiger partial charge is 0.372 e. The van der Waals surface area contributed by atoms with Crippen molar-refractivity contribution in [2.45, 2.75) is 19.3 Å². The average molecular weight is 302 g/mol. The van der Waals surface area contributed by atoms with Gasteiger partial charge in [-0.1, -0.05) is 30.3 Å². The van der Waals surface area contributed by atoms with Crippen LogP contribution in [0.1, 0.15) is 29.6 Å². The molecule has 0 atom stereocenters. The standard InChI is InChI=1S/C20H18N2O/c23-20-18-16-6-2-3-7-17(16)22(20)19(18)14-8-10-15(11-9-14)21-12-4-1-5-13-21/h2-3,6-11H,1,4-5,12-13H2. The van der Waals surface area contributed by atoms with Crippen LogP contribution in [0.3, 0.4) is 0 Å². The van der Waals surface area contributed by atoms with Crippen LogP contribution in [0.2, 0.25) is 0 Å². The molecule has 0 amide bonds. The fraction of sp³-hybridized carbons (Fsp3) is 0.250. The lowest BCUT2D eigenvalue weighted by Gasteiger charge is -2.29. The highest BCUT2D eigenvalue weighted by Crippen LogP contribution is 2.42. The Morgan fingerprint density at radius 3 is 2.30 bits per heavy atom. The van der Waals surface area contributed by atoms with Gasteiger partial charge < -0.3 is 4.90 Å². The van der Waals surface area contributed by atoms with Crippen molar-refractivity contribution >= 4 is 22.5 Å². The summed E-state index contributed by atoms with van der Waals surface area (Å²) < 4.78 is 1.85. The number of para-hydroxylation sites is 1. The lowest BCUT2D eigenvalue weighted by atomic mass is 10.0. The van der Waals surface area contributed by atoms with Crippen LogP contribution in [-0.2, 0) is 0 Å². The zero-order valence-corrected chi connectivity index (χ0v) is 13.0. The van der Waals surface area contributed by atoms with Crippen molar-refractivity contribution in [2.75, 3.05) is 18.0 Å². The maximum absolute atomic E-state index is 12.2. The minimum Gasteiger partial charge on any atom is -0.372 e. The number of aromatic nitrogens is 1. The number of carbonyl (C=O) groups is 1. The molecular formula is C20H18N2O. The lowest BCUT2D eigenvalue weighted by molar-refractivity contribution is 0.0951. The second kappa shape index (κ2) is 4.72. The van der Waals surface area contributed by atoms with Crippen molar-refractivity contribution in [2.24, 2.45) is 0 Å². The monoisotopic (exact) mass is 302 g/mol. The summed E-state index contributed by atoms with van der Waals surface area (Å²) in [6, 6.07) is 16.8. The molecular weight excluding hydrogens is 284 g/mol. The maximum Gasteiger partial charge on any atom is 0.265 e. The molecule has 5 rings (SSSR count). The molecule has 2 aliphatic heterocycles. The predicted octanol–water partition coefficient (Wildman–Crippen LogP) is 4.30. The predicted molar refractivity (Wildman–Crippen MR) is 93.2 cm³/mol. The molecule has 0 aliphatic carbocycles. The van der Waals surface area contributed by atoms with Crippen LogP contribution in [-0.4, -0.2) is 23.6 Å². The van der Waals surface area contributed by atoms with Crippen LogP contribution in [0.25, 0.3) is 22.2 Å². The summed E-state index contributed by atoms with van der Waals surface area (Å²) in [5, 5.41) is 1.08. The highest BCUT2D eigenvalue weighted by molar-refractivity contribution is 6.26. The first-order valence-electron chi connectivity index (χ1n) is 8.38. The van der Waals surface area contributed by atoms with E-state index in [4.69, 9.17) is 0 Å². The quantitative estimate of drug-likeness (QED) is 0.551. The molecule has 0 radical (unpaired) electrons. The molecule has 2 aromatic carbocycles. The van der Waals surface area contributed by atoms with Crippen LogP contribution in [0, 0.1) is 0 Å². The number of nitrogens with zero attached hydrogens (tertiary/aromatic N) is 2. The van der Waals surface area contributed by atoms with Crippen molar-refractivity contribution < 1.29 is 4.79 Å². The summed E-state index contributed by atoms with van der Waals surface area (Å²) in [4.78, 5) is 14.7. The van der Waals surface area contributed by atoms with Crippen LogP contribution in [0.5, 0.6) is 0 Å². The Bertz CT molecular complexity index is 872. The van der Waals surface area contributed by atoms with E-state index in [0.717, 1.165) is 40.8 Å². The van der Waals surface area contributed by atoms with E-state index < -0.39 is 0 Å². The maximum atomic E-state index is 12.2. The minimum atomic E-state index is 0.140. The van der Waals surface area contributed by atoms with Crippen molar-refractivity contribution in [1.29, 1.82) is 0 Å². The van der Waals surface area contributed by atoms with E-state index in [1.165, 1.54) is 24.9 Å². The fourth-order valence-corrected chi connectivity index (χ4v) is 3.98. The summed E-state index contributed by atoms with van der Waals surface area (Å²) in [5.74, 6) is 0.140. The Morgan fingerprint density at radius 1 is 0.826 bits per heavy atom. The van der Waals surface area contributed by atoms with Gasteiger partial charge in [0, 0.05) is 24.2 Å². The molecule has 0 unspecified atom stereocenters. The Balaban J connectivity index is 1.55. The molecule has 3 aromatic rings. The zero-order valence-electron chi connectivity index (χ0n) is 13.0. The van der Waals surface area contributed by atoms with Crippen LogP contribution in [0.15, 0.2) is 48.5 Å². The molecule has 0 saturated carbocycles. The van der Waals surface area contributed by atoms with E-state index in [0.29, 0.717) is 0 Å². The highest BCUT2D eigenvalue weighted by Gasteiger charge is 2.35. The average Bonchev–Trinajstić information content (AvgIpc) is 3.12. The first kappa shape index (κ1) is 12.9. The minimum absolute atomic E-state index is 0.140. The van der Waals surface area contributed by atoms with E-state index in [1.807, 2.05) is 28.8 Å². The van der Waals surface area contributed by atoms with E-state index in [9.17, 15) is 4.79 Å². The number of hydrogen-bond donors (Lipinski definition) is 0. The topological polar surface area (TPSA) is 25.2 Å². The normalized spacial score (nSPS) is 16.7. The summed E-state index contributed by atoms with van der Waals surface area (Å²) in [6.45, 7) is 2.31. The summed E-state index contributed by atoms with van der Waals surface area (Å²) in [7, 11) is 0. The summed E-state index contributed by atoms with van der Waals surface area (Å²) >= 11 is 0. The molecule has 2 bridgehead atoms. The van der Waals surface area contributed by atoms with Crippen molar-refractivity contribution in [3.05, 3.63) is 54.1 Å². The van der Waals surface area contributed by atoms with E-state index >= 15 is 0 Å². The van der Waals surface area contributed by atoms with Gasteiger partial charge in [0.15, 0.2) is 0 Å². The molecule has 3 heteroatoms. The summed E-state index contributed by atoms with van der Waals surface area (Å²) in [6.07, 6.45) is 3.92. The zero-order chi connectivity index (χ0) is 15.4. The molecule has 2 aliphatic rings. The molecule has 3 nitrogen and oxygen atoms in total. The van der Waals surface area contributed by atoms with Gasteiger partial charge in [-0.2, -0.15) is 0 Å². The SMILES string of the molecule is O=C1c2c(-c3ccc(N4CCCCC4)cc3)n1c1ccccc21. The number of piperidine rings is 1. The van der Waals surface area contributed by atoms with Crippen LogP contribution < -0.4 is 4.90 Å². The molecule has 1 aromatic heterocycles. The van der Waals surface area contributed by atoms with Crippen molar-refractivity contribution in [3.8, 4) is 11.3 Å². The van der Waals surface area contributed by atoms with E-state index in [2.05, 4.69) is 29.2 Å². The highest BCUT2D eigenvalue weighted by atomic mass is 16.2. The molecule has 3 heterocycles. The molecule has 1 saturated heterocycles. The smallest absolute Gasteiger partial charge is 0.265 e. The van der Waals surface area contributed by atoms with Gasteiger partial charge in [-0.05, 0) is 43.0 Å². The number of carbonyl (C=O) groups excluding carboxylic acids is 1. The van der Waals surface area contributed by atoms with Gasteiger partial charge in [0.25, 0.3) is 5.91 Å². The Kier molecular flexibility index (Phi) is 2.66. The fourth-order valence-electron chi connectivity index (χ4n) is 3.98. The number of anilines is 1. The molecule has 1 fully saturated rings. The van der Waals surface area contributed by atoms with Gasteiger partial charge in [0.05, 0.1) is 16.8 Å². The van der Waals surface area contributed by atoms with Gasteiger partial charge in [0.2, 0.25) is 0 Å². The third kappa shape index (κ3) is 1.73. The van der Waals surface area contributed by atoms with Gasteiger partial charge >= 0.3 is 0 Å². The summed E-state index contributed by atoms with van der Waals surface area (Å²) in [5.41, 5.74) is 5.41. The molecule has 23 heavy (non-hydrogen) atoms. The van der Waals surface area contributed by atoms with Gasteiger partial charge in [-0.3, -0.25) is 9.36 Å². The van der Waals surface area contributed by atoms with Gasteiger partial charge in [0.1, 0.15) is 0 Å². The second-order valence-electron chi connectivity index (χ2n) is 6.48. The van der Waals surface area contributed by atoms with Crippen molar-refractivity contribution in [1.82, 2.24) is 4.57 Å². The first-order valence-corrected chi connectivity index (χ1v) is 8.38. The number of benzene rings is 2. The van der Waals surface area contributed by atoms with E-state index in [-0.39, 0.29) is 5.91 Å².